The van der Waals surface area contributed by atoms with Gasteiger partial charge in [0.15, 0.2) is 5.60 Å². The van der Waals surface area contributed by atoms with Crippen molar-refractivity contribution in [3.63, 3.8) is 0 Å². The van der Waals surface area contributed by atoms with Crippen LogP contribution in [0.5, 0.6) is 0 Å². The van der Waals surface area contributed by atoms with Gasteiger partial charge in [-0.1, -0.05) is 31.3 Å². The Morgan fingerprint density at radius 3 is 1.91 bits per heavy atom. The zero-order chi connectivity index (χ0) is 24.1. The van der Waals surface area contributed by atoms with Gasteiger partial charge in [0, 0.05) is 54.2 Å². The molecular formula is C30H32N2O2Si. The SMILES string of the molecule is CCN1CCc2cc3c(cc21)[Si](C)(C)c1cc2c(cc1C31OC(=O)c3ccccc31)CCN2CC. The summed E-state index contributed by atoms with van der Waals surface area (Å²) in [6.07, 6.45) is 2.10. The van der Waals surface area contributed by atoms with Crippen LogP contribution >= 0.6 is 0 Å². The second-order valence-electron chi connectivity index (χ2n) is 11.0. The molecule has 7 rings (SSSR count). The number of esters is 1. The highest BCUT2D eigenvalue weighted by molar-refractivity contribution is 7.01. The van der Waals surface area contributed by atoms with E-state index in [9.17, 15) is 4.79 Å². The lowest BCUT2D eigenvalue weighted by Crippen LogP contribution is -2.63. The summed E-state index contributed by atoms with van der Waals surface area (Å²) in [5.74, 6) is -0.203. The third-order valence-electron chi connectivity index (χ3n) is 9.06. The Kier molecular flexibility index (Phi) is 4.25. The number of hydrogen-bond donors (Lipinski definition) is 0. The van der Waals surface area contributed by atoms with Crippen LogP contribution in [0.25, 0.3) is 0 Å². The molecule has 4 aliphatic rings. The summed E-state index contributed by atoms with van der Waals surface area (Å²) in [5.41, 5.74) is 8.80. The predicted octanol–water partition coefficient (Wildman–Crippen LogP) is 4.05. The maximum Gasteiger partial charge on any atom is 0.340 e. The van der Waals surface area contributed by atoms with Crippen molar-refractivity contribution >= 4 is 35.8 Å². The molecule has 178 valence electrons. The van der Waals surface area contributed by atoms with Crippen LogP contribution in [0.3, 0.4) is 0 Å². The van der Waals surface area contributed by atoms with Gasteiger partial charge in [-0.3, -0.25) is 0 Å². The number of ether oxygens (including phenoxy) is 1. The summed E-state index contributed by atoms with van der Waals surface area (Å²) in [6.45, 7) is 13.6. The maximum absolute atomic E-state index is 13.4. The summed E-state index contributed by atoms with van der Waals surface area (Å²) in [4.78, 5) is 18.4. The van der Waals surface area contributed by atoms with Gasteiger partial charge < -0.3 is 14.5 Å². The molecule has 0 saturated carbocycles. The molecule has 1 spiro atoms. The summed E-state index contributed by atoms with van der Waals surface area (Å²) in [5, 5.41) is 2.82. The van der Waals surface area contributed by atoms with Gasteiger partial charge in [0.05, 0.1) is 5.56 Å². The van der Waals surface area contributed by atoms with E-state index in [0.29, 0.717) is 5.56 Å². The molecule has 3 aromatic carbocycles. The van der Waals surface area contributed by atoms with Crippen molar-refractivity contribution in [3.05, 3.63) is 81.9 Å². The van der Waals surface area contributed by atoms with E-state index in [1.807, 2.05) is 12.1 Å². The lowest BCUT2D eigenvalue weighted by Gasteiger charge is -2.44. The number of benzene rings is 3. The van der Waals surface area contributed by atoms with Crippen molar-refractivity contribution in [2.24, 2.45) is 0 Å². The first-order valence-electron chi connectivity index (χ1n) is 13.1. The Morgan fingerprint density at radius 1 is 0.829 bits per heavy atom. The molecule has 0 amide bonds. The van der Waals surface area contributed by atoms with Crippen molar-refractivity contribution in [3.8, 4) is 0 Å². The summed E-state index contributed by atoms with van der Waals surface area (Å²) in [6, 6.07) is 17.8. The topological polar surface area (TPSA) is 32.8 Å². The summed E-state index contributed by atoms with van der Waals surface area (Å²) >= 11 is 0. The van der Waals surface area contributed by atoms with Crippen molar-refractivity contribution in [1.82, 2.24) is 0 Å². The van der Waals surface area contributed by atoms with Crippen molar-refractivity contribution in [2.45, 2.75) is 45.4 Å². The molecule has 0 radical (unpaired) electrons. The molecule has 0 N–H and O–H groups in total. The molecule has 4 nitrogen and oxygen atoms in total. The number of carbonyl (C=O) groups excluding carboxylic acids is 1. The predicted molar refractivity (Wildman–Crippen MR) is 145 cm³/mol. The van der Waals surface area contributed by atoms with Gasteiger partial charge in [0.1, 0.15) is 8.07 Å². The smallest absolute Gasteiger partial charge is 0.340 e. The first-order valence-corrected chi connectivity index (χ1v) is 16.1. The van der Waals surface area contributed by atoms with Crippen LogP contribution in [-0.2, 0) is 23.2 Å². The van der Waals surface area contributed by atoms with Crippen LogP contribution in [-0.4, -0.2) is 40.2 Å². The Balaban J connectivity index is 1.60. The Bertz CT molecular complexity index is 1350. The first kappa shape index (κ1) is 21.2. The van der Waals surface area contributed by atoms with E-state index in [1.165, 1.54) is 44.0 Å². The van der Waals surface area contributed by atoms with Crippen LogP contribution in [0.1, 0.15) is 52.0 Å². The third kappa shape index (κ3) is 2.54. The lowest BCUT2D eigenvalue weighted by atomic mass is 9.78. The number of hydrogen-bond acceptors (Lipinski definition) is 4. The monoisotopic (exact) mass is 480 g/mol. The highest BCUT2D eigenvalue weighted by Crippen LogP contribution is 2.51. The second kappa shape index (κ2) is 7.00. The molecule has 0 atom stereocenters. The zero-order valence-corrected chi connectivity index (χ0v) is 22.1. The average Bonchev–Trinajstić information content (AvgIpc) is 3.55. The van der Waals surface area contributed by atoms with Gasteiger partial charge in [-0.05, 0) is 78.5 Å². The molecule has 35 heavy (non-hydrogen) atoms. The minimum absolute atomic E-state index is 0.203. The van der Waals surface area contributed by atoms with Gasteiger partial charge >= 0.3 is 5.97 Å². The van der Waals surface area contributed by atoms with Gasteiger partial charge in [-0.2, -0.15) is 0 Å². The Labute approximate surface area is 208 Å². The first-order chi connectivity index (χ1) is 16.9. The van der Waals surface area contributed by atoms with E-state index >= 15 is 0 Å². The van der Waals surface area contributed by atoms with Crippen molar-refractivity contribution < 1.29 is 9.53 Å². The fourth-order valence-electron chi connectivity index (χ4n) is 7.19. The quantitative estimate of drug-likeness (QED) is 0.409. The van der Waals surface area contributed by atoms with E-state index in [2.05, 4.69) is 73.1 Å². The molecule has 4 aliphatic heterocycles. The number of rotatable bonds is 2. The average molecular weight is 481 g/mol. The Hall–Kier alpha value is -3.05. The van der Waals surface area contributed by atoms with E-state index in [4.69, 9.17) is 4.74 Å². The highest BCUT2D eigenvalue weighted by atomic mass is 28.3. The maximum atomic E-state index is 13.4. The number of fused-ring (bicyclic) bond motifs is 8. The molecule has 3 aromatic rings. The van der Waals surface area contributed by atoms with Crippen LogP contribution in [0, 0.1) is 0 Å². The zero-order valence-electron chi connectivity index (χ0n) is 21.1. The summed E-state index contributed by atoms with van der Waals surface area (Å²) in [7, 11) is -2.08. The molecule has 4 heterocycles. The highest BCUT2D eigenvalue weighted by Gasteiger charge is 2.56. The van der Waals surface area contributed by atoms with Crippen LogP contribution in [0.2, 0.25) is 13.1 Å². The van der Waals surface area contributed by atoms with Gasteiger partial charge in [-0.25, -0.2) is 4.79 Å². The van der Waals surface area contributed by atoms with Crippen LogP contribution < -0.4 is 20.2 Å². The molecular weight excluding hydrogens is 448 g/mol. The van der Waals surface area contributed by atoms with E-state index in [0.717, 1.165) is 44.6 Å². The minimum Gasteiger partial charge on any atom is -0.441 e. The molecule has 5 heteroatoms. The van der Waals surface area contributed by atoms with Crippen molar-refractivity contribution in [2.75, 3.05) is 36.0 Å². The van der Waals surface area contributed by atoms with Gasteiger partial charge in [0.2, 0.25) is 0 Å². The number of carbonyl (C=O) groups is 1. The standard InChI is InChI=1S/C30H32N2O2Si/c1-5-31-13-11-19-15-23-27(17-25(19)31)35(3,4)28-18-26-20(12-14-32(26)6-2)16-24(28)30(23)22-10-8-7-9-21(22)29(33)34-30/h7-10,15-18H,5-6,11-14H2,1-4H3. The molecule has 0 saturated heterocycles. The lowest BCUT2D eigenvalue weighted by molar-refractivity contribution is 0.0254. The number of likely N-dealkylation sites (N-methyl/N-ethyl adjacent to an activating group) is 2. The molecule has 0 fully saturated rings. The van der Waals surface area contributed by atoms with Gasteiger partial charge in [0.25, 0.3) is 0 Å². The van der Waals surface area contributed by atoms with E-state index in [-0.39, 0.29) is 5.97 Å². The number of anilines is 2. The largest absolute Gasteiger partial charge is 0.441 e. The Morgan fingerprint density at radius 2 is 1.37 bits per heavy atom. The molecule has 0 aliphatic carbocycles. The number of nitrogens with zero attached hydrogens (tertiary/aromatic N) is 2. The van der Waals surface area contributed by atoms with E-state index < -0.39 is 13.7 Å². The fraction of sp³-hybridized carbons (Fsp3) is 0.367. The minimum atomic E-state index is -2.08. The molecule has 0 bridgehead atoms. The normalized spacial score (nSPS) is 19.8. The third-order valence-corrected chi connectivity index (χ3v) is 12.6. The van der Waals surface area contributed by atoms with Gasteiger partial charge in [-0.15, -0.1) is 0 Å². The molecule has 0 aromatic heterocycles. The van der Waals surface area contributed by atoms with Crippen LogP contribution in [0.15, 0.2) is 48.5 Å². The second-order valence-corrected chi connectivity index (χ2v) is 15.3. The molecule has 0 unspecified atom stereocenters. The van der Waals surface area contributed by atoms with E-state index in [1.54, 1.807) is 0 Å². The summed E-state index contributed by atoms with van der Waals surface area (Å²) < 4.78 is 6.59. The fourth-order valence-corrected chi connectivity index (χ4v) is 10.3. The van der Waals surface area contributed by atoms with Crippen molar-refractivity contribution in [1.29, 1.82) is 0 Å². The van der Waals surface area contributed by atoms with Crippen LogP contribution in [0.4, 0.5) is 11.4 Å².